The van der Waals surface area contributed by atoms with Gasteiger partial charge in [0.05, 0.1) is 19.1 Å². The smallest absolute Gasteiger partial charge is 0.243 e. The summed E-state index contributed by atoms with van der Waals surface area (Å²) >= 11 is 6.00. The molecular weight excluding hydrogens is 429 g/mol. The Morgan fingerprint density at radius 2 is 2.16 bits per heavy atom. The van der Waals surface area contributed by atoms with E-state index in [1.807, 2.05) is 0 Å². The van der Waals surface area contributed by atoms with E-state index in [1.165, 1.54) is 0 Å². The Hall–Kier alpha value is -2.24. The average molecular weight is 456 g/mol. The van der Waals surface area contributed by atoms with Gasteiger partial charge in [0.2, 0.25) is 23.4 Å². The van der Waals surface area contributed by atoms with E-state index in [0.717, 1.165) is 38.5 Å². The molecule has 4 rings (SSSR count). The predicted molar refractivity (Wildman–Crippen MR) is 111 cm³/mol. The van der Waals surface area contributed by atoms with E-state index in [4.69, 9.17) is 11.6 Å². The number of nitrogens with one attached hydrogen (secondary N) is 3. The summed E-state index contributed by atoms with van der Waals surface area (Å²) in [5.41, 5.74) is 4.99. The van der Waals surface area contributed by atoms with Gasteiger partial charge in [0.1, 0.15) is 0 Å². The second-order valence-corrected chi connectivity index (χ2v) is 9.05. The molecule has 0 aromatic carbocycles. The second kappa shape index (κ2) is 9.09. The Labute approximate surface area is 184 Å². The standard InChI is InChI=1S/C19H27ClFN7O3/c20-18-23-15(14(21)16(24-18)27-9-19(5-6-19)22-10-27)25-26-17(30)13(8-28(31)11-29)7-12-3-1-2-4-12/h11-13,22,31H,1-10H2,(H,26,30)(H,23,24,25)/t13-/m1/s1. The predicted octanol–water partition coefficient (Wildman–Crippen LogP) is 1.66. The summed E-state index contributed by atoms with van der Waals surface area (Å²) in [5, 5.41) is 13.2. The summed E-state index contributed by atoms with van der Waals surface area (Å²) < 4.78 is 15.1. The van der Waals surface area contributed by atoms with E-state index in [1.54, 1.807) is 4.90 Å². The van der Waals surface area contributed by atoms with Crippen molar-refractivity contribution in [1.29, 1.82) is 0 Å². The van der Waals surface area contributed by atoms with Crippen LogP contribution in [0.25, 0.3) is 0 Å². The van der Waals surface area contributed by atoms with Gasteiger partial charge in [0, 0.05) is 12.1 Å². The molecule has 1 aromatic rings. The van der Waals surface area contributed by atoms with E-state index in [0.29, 0.717) is 30.6 Å². The number of nitrogens with zero attached hydrogens (tertiary/aromatic N) is 4. The Kier molecular flexibility index (Phi) is 6.44. The Morgan fingerprint density at radius 3 is 2.81 bits per heavy atom. The van der Waals surface area contributed by atoms with Crippen LogP contribution < -0.4 is 21.1 Å². The van der Waals surface area contributed by atoms with Crippen LogP contribution in [0.5, 0.6) is 0 Å². The average Bonchev–Trinajstić information content (AvgIpc) is 3.12. The zero-order valence-corrected chi connectivity index (χ0v) is 17.9. The first kappa shape index (κ1) is 22.0. The van der Waals surface area contributed by atoms with Crippen LogP contribution in [0.1, 0.15) is 44.9 Å². The van der Waals surface area contributed by atoms with Gasteiger partial charge in [0.15, 0.2) is 11.6 Å². The van der Waals surface area contributed by atoms with Crippen LogP contribution >= 0.6 is 11.6 Å². The molecule has 1 aliphatic heterocycles. The first-order valence-electron chi connectivity index (χ1n) is 10.6. The lowest BCUT2D eigenvalue weighted by Crippen LogP contribution is -2.41. The maximum absolute atomic E-state index is 15.1. The molecule has 2 aliphatic carbocycles. The Balaban J connectivity index is 1.42. The molecule has 3 aliphatic rings. The largest absolute Gasteiger partial charge is 0.339 e. The van der Waals surface area contributed by atoms with Crippen molar-refractivity contribution in [2.45, 2.75) is 50.5 Å². The molecule has 3 fully saturated rings. The highest BCUT2D eigenvalue weighted by atomic mass is 35.5. The van der Waals surface area contributed by atoms with E-state index in [2.05, 4.69) is 26.1 Å². The van der Waals surface area contributed by atoms with Gasteiger partial charge in [-0.05, 0) is 36.8 Å². The molecule has 1 aromatic heterocycles. The second-order valence-electron chi connectivity index (χ2n) is 8.72. The number of hydrazine groups is 1. The van der Waals surface area contributed by atoms with Gasteiger partial charge in [-0.2, -0.15) is 14.4 Å². The van der Waals surface area contributed by atoms with Crippen molar-refractivity contribution in [2.75, 3.05) is 30.1 Å². The van der Waals surface area contributed by atoms with Gasteiger partial charge in [-0.15, -0.1) is 0 Å². The van der Waals surface area contributed by atoms with Crippen molar-refractivity contribution in [3.8, 4) is 0 Å². The molecule has 1 atom stereocenters. The number of hydroxylamine groups is 2. The number of carbonyl (C=O) groups is 2. The third-order valence-electron chi connectivity index (χ3n) is 6.39. The fourth-order valence-electron chi connectivity index (χ4n) is 4.48. The number of anilines is 2. The van der Waals surface area contributed by atoms with Crippen LogP contribution in [0.2, 0.25) is 5.28 Å². The highest BCUT2D eigenvalue weighted by molar-refractivity contribution is 6.28. The van der Waals surface area contributed by atoms with Gasteiger partial charge < -0.3 is 4.90 Å². The van der Waals surface area contributed by atoms with Crippen LogP contribution in [0, 0.1) is 17.7 Å². The minimum absolute atomic E-state index is 0.0356. The van der Waals surface area contributed by atoms with Crippen LogP contribution in [-0.2, 0) is 9.59 Å². The molecule has 10 nitrogen and oxygen atoms in total. The summed E-state index contributed by atoms with van der Waals surface area (Å²) in [5.74, 6) is -1.65. The molecule has 2 amide bonds. The summed E-state index contributed by atoms with van der Waals surface area (Å²) in [4.78, 5) is 33.2. The lowest BCUT2D eigenvalue weighted by Gasteiger charge is -2.23. The number of halogens is 2. The third kappa shape index (κ3) is 5.16. The van der Waals surface area contributed by atoms with Crippen LogP contribution in [0.15, 0.2) is 0 Å². The van der Waals surface area contributed by atoms with Gasteiger partial charge in [-0.1, -0.05) is 25.7 Å². The molecule has 170 valence electrons. The fraction of sp³-hybridized carbons (Fsp3) is 0.684. The summed E-state index contributed by atoms with van der Waals surface area (Å²) in [7, 11) is 0. The number of hydrogen-bond donors (Lipinski definition) is 4. The van der Waals surface area contributed by atoms with Crippen LogP contribution in [0.3, 0.4) is 0 Å². The summed E-state index contributed by atoms with van der Waals surface area (Å²) in [6, 6.07) is 0. The maximum Gasteiger partial charge on any atom is 0.243 e. The molecule has 0 radical (unpaired) electrons. The monoisotopic (exact) mass is 455 g/mol. The van der Waals surface area contributed by atoms with Crippen molar-refractivity contribution in [3.05, 3.63) is 11.1 Å². The van der Waals surface area contributed by atoms with Gasteiger partial charge in [-0.3, -0.25) is 31.0 Å². The van der Waals surface area contributed by atoms with Crippen molar-refractivity contribution < 1.29 is 19.2 Å². The molecule has 4 N–H and O–H groups in total. The van der Waals surface area contributed by atoms with Crippen molar-refractivity contribution in [3.63, 3.8) is 0 Å². The lowest BCUT2D eigenvalue weighted by atomic mass is 9.92. The lowest BCUT2D eigenvalue weighted by molar-refractivity contribution is -0.154. The van der Waals surface area contributed by atoms with Crippen molar-refractivity contribution in [1.82, 2.24) is 25.8 Å². The topological polar surface area (TPSA) is 123 Å². The van der Waals surface area contributed by atoms with E-state index >= 15 is 4.39 Å². The number of rotatable bonds is 9. The maximum atomic E-state index is 15.1. The summed E-state index contributed by atoms with van der Waals surface area (Å²) in [6.45, 7) is 0.940. The highest BCUT2D eigenvalue weighted by Gasteiger charge is 2.48. The van der Waals surface area contributed by atoms with Crippen LogP contribution in [-0.4, -0.2) is 57.9 Å². The Bertz CT molecular complexity index is 835. The highest BCUT2D eigenvalue weighted by Crippen LogP contribution is 2.40. The zero-order chi connectivity index (χ0) is 22.0. The summed E-state index contributed by atoms with van der Waals surface area (Å²) in [6.07, 6.45) is 7.09. The van der Waals surface area contributed by atoms with Gasteiger partial charge >= 0.3 is 0 Å². The molecule has 0 unspecified atom stereocenters. The van der Waals surface area contributed by atoms with E-state index in [9.17, 15) is 14.8 Å². The molecule has 1 spiro atoms. The minimum atomic E-state index is -0.715. The van der Waals surface area contributed by atoms with E-state index < -0.39 is 17.6 Å². The normalized spacial score (nSPS) is 20.7. The van der Waals surface area contributed by atoms with Crippen molar-refractivity contribution >= 4 is 35.6 Å². The fourth-order valence-corrected chi connectivity index (χ4v) is 4.65. The van der Waals surface area contributed by atoms with Gasteiger partial charge in [0.25, 0.3) is 0 Å². The molecular formula is C19H27ClFN7O3. The number of carbonyl (C=O) groups excluding carboxylic acids is 2. The Morgan fingerprint density at radius 1 is 1.42 bits per heavy atom. The molecule has 2 saturated carbocycles. The molecule has 2 heterocycles. The first-order chi connectivity index (χ1) is 14.9. The number of amides is 2. The molecule has 1 saturated heterocycles. The zero-order valence-electron chi connectivity index (χ0n) is 17.1. The molecule has 12 heteroatoms. The molecule has 0 bridgehead atoms. The van der Waals surface area contributed by atoms with Gasteiger partial charge in [-0.25, -0.2) is 5.06 Å². The van der Waals surface area contributed by atoms with Crippen LogP contribution in [0.4, 0.5) is 16.0 Å². The SMILES string of the molecule is O=CN(O)C[C@@H](CC1CCCC1)C(=O)NNc1nc(Cl)nc(N2CNC3(CC3)C2)c1F. The quantitative estimate of drug-likeness (QED) is 0.192. The third-order valence-corrected chi connectivity index (χ3v) is 6.56. The van der Waals surface area contributed by atoms with E-state index in [-0.39, 0.29) is 35.4 Å². The molecule has 31 heavy (non-hydrogen) atoms. The number of hydrogen-bond acceptors (Lipinski definition) is 8. The minimum Gasteiger partial charge on any atom is -0.339 e. The first-order valence-corrected chi connectivity index (χ1v) is 11.0. The van der Waals surface area contributed by atoms with Crippen molar-refractivity contribution in [2.24, 2.45) is 11.8 Å². The number of aromatic nitrogens is 2.